The van der Waals surface area contributed by atoms with Crippen LogP contribution in [-0.2, 0) is 6.54 Å². The summed E-state index contributed by atoms with van der Waals surface area (Å²) in [4.78, 5) is 13.9. The number of rotatable bonds is 0. The Hall–Kier alpha value is -1.91. The number of fused-ring (bicyclic) bond motifs is 4. The molecule has 0 N–H and O–H groups in total. The molecule has 0 atom stereocenters. The number of nitrogens with zero attached hydrogens (tertiary/aromatic N) is 1. The van der Waals surface area contributed by atoms with Crippen LogP contribution in [0.4, 0.5) is 0 Å². The first-order valence-corrected chi connectivity index (χ1v) is 8.20. The lowest BCUT2D eigenvalue weighted by Gasteiger charge is -2.19. The van der Waals surface area contributed by atoms with Crippen molar-refractivity contribution in [3.05, 3.63) is 57.0 Å². The molecule has 0 unspecified atom stereocenters. The van der Waals surface area contributed by atoms with Gasteiger partial charge in [0.1, 0.15) is 4.70 Å². The molecule has 1 aliphatic heterocycles. The van der Waals surface area contributed by atoms with Crippen LogP contribution in [0.3, 0.4) is 0 Å². The number of pyridine rings is 1. The van der Waals surface area contributed by atoms with Crippen LogP contribution in [0.5, 0.6) is 0 Å². The average Bonchev–Trinajstić information content (AvgIpc) is 3.11. The fraction of sp³-hybridized carbons (Fsp3) is 0.0625. The molecular weight excluding hydrogens is 286 g/mol. The van der Waals surface area contributed by atoms with Gasteiger partial charge >= 0.3 is 0 Å². The van der Waals surface area contributed by atoms with Gasteiger partial charge < -0.3 is 4.57 Å². The highest BCUT2D eigenvalue weighted by Crippen LogP contribution is 2.42. The molecule has 4 aromatic rings. The van der Waals surface area contributed by atoms with E-state index in [9.17, 15) is 4.79 Å². The van der Waals surface area contributed by atoms with Crippen LogP contribution in [0.25, 0.3) is 31.4 Å². The van der Waals surface area contributed by atoms with Gasteiger partial charge in [0, 0.05) is 16.2 Å². The predicted molar refractivity (Wildman–Crippen MR) is 86.0 cm³/mol. The molecule has 4 heteroatoms. The number of aromatic nitrogens is 1. The second kappa shape index (κ2) is 3.59. The Balaban J connectivity index is 2.09. The lowest BCUT2D eigenvalue weighted by atomic mass is 10.0. The Labute approximate surface area is 122 Å². The summed E-state index contributed by atoms with van der Waals surface area (Å²) < 4.78 is 2.82. The molecule has 1 aromatic carbocycles. The molecule has 0 saturated carbocycles. The van der Waals surface area contributed by atoms with Crippen molar-refractivity contribution in [3.8, 4) is 10.4 Å². The molecule has 0 amide bonds. The van der Waals surface area contributed by atoms with Crippen molar-refractivity contribution in [2.24, 2.45) is 0 Å². The van der Waals surface area contributed by atoms with Gasteiger partial charge in [-0.1, -0.05) is 24.3 Å². The maximum atomic E-state index is 12.7. The SMILES string of the molecule is O=c1c2sccc2c2csc3c2n1Cc1ccccc1-3. The standard InChI is InChI=1S/C16H9NOS2/c18-16-15-11(5-6-19-15)12-8-20-14-10-4-2-1-3-9(10)7-17(16)13(12)14/h1-6,8H,7H2. The minimum Gasteiger partial charge on any atom is -0.301 e. The summed E-state index contributed by atoms with van der Waals surface area (Å²) in [5, 5.41) is 6.53. The van der Waals surface area contributed by atoms with Crippen LogP contribution in [0, 0.1) is 0 Å². The largest absolute Gasteiger partial charge is 0.301 e. The van der Waals surface area contributed by atoms with Gasteiger partial charge in [-0.25, -0.2) is 0 Å². The second-order valence-electron chi connectivity index (χ2n) is 5.04. The first-order valence-electron chi connectivity index (χ1n) is 6.44. The molecule has 0 saturated heterocycles. The molecule has 0 spiro atoms. The van der Waals surface area contributed by atoms with E-state index < -0.39 is 0 Å². The number of hydrogen-bond acceptors (Lipinski definition) is 3. The summed E-state index contributed by atoms with van der Waals surface area (Å²) in [6.07, 6.45) is 0. The van der Waals surface area contributed by atoms with Crippen LogP contribution in [0.15, 0.2) is 45.9 Å². The van der Waals surface area contributed by atoms with Gasteiger partial charge in [-0.05, 0) is 22.6 Å². The molecule has 0 radical (unpaired) electrons. The monoisotopic (exact) mass is 295 g/mol. The van der Waals surface area contributed by atoms with Crippen molar-refractivity contribution in [3.63, 3.8) is 0 Å². The van der Waals surface area contributed by atoms with Gasteiger partial charge in [0.15, 0.2) is 0 Å². The van der Waals surface area contributed by atoms with E-state index >= 15 is 0 Å². The average molecular weight is 295 g/mol. The molecule has 1 aliphatic rings. The summed E-state index contributed by atoms with van der Waals surface area (Å²) >= 11 is 3.29. The Bertz CT molecular complexity index is 1050. The second-order valence-corrected chi connectivity index (χ2v) is 6.83. The van der Waals surface area contributed by atoms with Crippen LogP contribution in [0.2, 0.25) is 0 Å². The maximum absolute atomic E-state index is 12.7. The van der Waals surface area contributed by atoms with Crippen LogP contribution in [0.1, 0.15) is 5.56 Å². The van der Waals surface area contributed by atoms with E-state index in [1.807, 2.05) is 16.0 Å². The zero-order valence-electron chi connectivity index (χ0n) is 10.4. The number of hydrogen-bond donors (Lipinski definition) is 0. The third-order valence-electron chi connectivity index (χ3n) is 4.02. The summed E-state index contributed by atoms with van der Waals surface area (Å²) in [6, 6.07) is 10.5. The van der Waals surface area contributed by atoms with Crippen molar-refractivity contribution in [2.75, 3.05) is 0 Å². The van der Waals surface area contributed by atoms with E-state index in [2.05, 4.69) is 29.6 Å². The minimum absolute atomic E-state index is 0.150. The zero-order chi connectivity index (χ0) is 13.3. The lowest BCUT2D eigenvalue weighted by Crippen LogP contribution is -2.22. The number of thiophene rings is 2. The third-order valence-corrected chi connectivity index (χ3v) is 5.92. The highest BCUT2D eigenvalue weighted by Gasteiger charge is 2.23. The molecule has 0 bridgehead atoms. The van der Waals surface area contributed by atoms with Gasteiger partial charge in [-0.2, -0.15) is 0 Å². The molecule has 96 valence electrons. The van der Waals surface area contributed by atoms with E-state index in [0.717, 1.165) is 15.6 Å². The van der Waals surface area contributed by atoms with E-state index in [-0.39, 0.29) is 5.56 Å². The van der Waals surface area contributed by atoms with Gasteiger partial charge in [0.05, 0.1) is 16.9 Å². The molecule has 0 aliphatic carbocycles. The lowest BCUT2D eigenvalue weighted by molar-refractivity contribution is 0.799. The van der Waals surface area contributed by atoms with E-state index in [1.54, 1.807) is 22.7 Å². The third kappa shape index (κ3) is 1.16. The van der Waals surface area contributed by atoms with Crippen molar-refractivity contribution in [1.29, 1.82) is 0 Å². The highest BCUT2D eigenvalue weighted by atomic mass is 32.1. The Kier molecular flexibility index (Phi) is 1.95. The Morgan fingerprint density at radius 3 is 2.90 bits per heavy atom. The minimum atomic E-state index is 0.150. The van der Waals surface area contributed by atoms with Crippen molar-refractivity contribution >= 4 is 43.7 Å². The molecule has 4 heterocycles. The summed E-state index contributed by atoms with van der Waals surface area (Å²) in [5.74, 6) is 0. The number of benzene rings is 1. The van der Waals surface area contributed by atoms with Crippen molar-refractivity contribution in [1.82, 2.24) is 4.57 Å². The smallest absolute Gasteiger partial charge is 0.269 e. The zero-order valence-corrected chi connectivity index (χ0v) is 12.1. The highest BCUT2D eigenvalue weighted by molar-refractivity contribution is 7.18. The molecule has 2 nitrogen and oxygen atoms in total. The van der Waals surface area contributed by atoms with Crippen LogP contribution >= 0.6 is 22.7 Å². The summed E-state index contributed by atoms with van der Waals surface area (Å²) in [6.45, 7) is 0.684. The van der Waals surface area contributed by atoms with E-state index in [4.69, 9.17) is 0 Å². The predicted octanol–water partition coefficient (Wildman–Crippen LogP) is 4.31. The molecule has 20 heavy (non-hydrogen) atoms. The molecule has 0 fully saturated rings. The Morgan fingerprint density at radius 2 is 1.95 bits per heavy atom. The van der Waals surface area contributed by atoms with Gasteiger partial charge in [0.2, 0.25) is 0 Å². The fourth-order valence-electron chi connectivity index (χ4n) is 3.11. The fourth-order valence-corrected chi connectivity index (χ4v) is 5.10. The van der Waals surface area contributed by atoms with Crippen molar-refractivity contribution in [2.45, 2.75) is 6.54 Å². The normalized spacial score (nSPS) is 13.0. The summed E-state index contributed by atoms with van der Waals surface area (Å²) in [7, 11) is 0. The first kappa shape index (κ1) is 10.8. The van der Waals surface area contributed by atoms with E-state index in [0.29, 0.717) is 6.54 Å². The maximum Gasteiger partial charge on any atom is 0.269 e. The van der Waals surface area contributed by atoms with Crippen molar-refractivity contribution < 1.29 is 0 Å². The van der Waals surface area contributed by atoms with Crippen LogP contribution in [-0.4, -0.2) is 4.57 Å². The quantitative estimate of drug-likeness (QED) is 0.417. The topological polar surface area (TPSA) is 22.0 Å². The van der Waals surface area contributed by atoms with Crippen LogP contribution < -0.4 is 5.56 Å². The summed E-state index contributed by atoms with van der Waals surface area (Å²) in [5.41, 5.74) is 3.78. The van der Waals surface area contributed by atoms with Gasteiger partial charge in [0.25, 0.3) is 5.56 Å². The molecular formula is C16H9NOS2. The van der Waals surface area contributed by atoms with E-state index in [1.165, 1.54) is 21.4 Å². The molecule has 3 aromatic heterocycles. The first-order chi connectivity index (χ1) is 9.84. The molecule has 5 rings (SSSR count). The Morgan fingerprint density at radius 1 is 1.05 bits per heavy atom. The van der Waals surface area contributed by atoms with Gasteiger partial charge in [-0.15, -0.1) is 22.7 Å². The van der Waals surface area contributed by atoms with Gasteiger partial charge in [-0.3, -0.25) is 4.79 Å².